The molecule has 0 radical (unpaired) electrons. The molecule has 20 heavy (non-hydrogen) atoms. The fourth-order valence-corrected chi connectivity index (χ4v) is 2.19. The Labute approximate surface area is 121 Å². The van der Waals surface area contributed by atoms with Crippen LogP contribution in [0.15, 0.2) is 54.6 Å². The molecule has 0 bridgehead atoms. The fraction of sp³-hybridized carbons (Fsp3) is 0.333. The standard InChI is InChI=1S/C18H23NO/c1-15-7-9-16(10-8-15)11-18(12-19)14-20-13-17-5-3-2-4-6-17/h2-10,18H,11-14,19H2,1H3. The summed E-state index contributed by atoms with van der Waals surface area (Å²) in [7, 11) is 0. The molecular weight excluding hydrogens is 246 g/mol. The van der Waals surface area contributed by atoms with Crippen molar-refractivity contribution in [2.45, 2.75) is 20.0 Å². The number of aryl methyl sites for hydroxylation is 1. The number of nitrogens with two attached hydrogens (primary N) is 1. The van der Waals surface area contributed by atoms with Crippen molar-refractivity contribution in [3.63, 3.8) is 0 Å². The zero-order valence-electron chi connectivity index (χ0n) is 12.1. The first kappa shape index (κ1) is 14.8. The van der Waals surface area contributed by atoms with Crippen molar-refractivity contribution >= 4 is 0 Å². The molecule has 0 saturated heterocycles. The molecule has 1 atom stereocenters. The van der Waals surface area contributed by atoms with Gasteiger partial charge in [-0.1, -0.05) is 60.2 Å². The van der Waals surface area contributed by atoms with Crippen LogP contribution in [0.1, 0.15) is 16.7 Å². The summed E-state index contributed by atoms with van der Waals surface area (Å²) in [5.74, 6) is 0.376. The molecule has 0 amide bonds. The van der Waals surface area contributed by atoms with Gasteiger partial charge in [0.1, 0.15) is 0 Å². The summed E-state index contributed by atoms with van der Waals surface area (Å²) in [6.07, 6.45) is 0.978. The minimum absolute atomic E-state index is 0.376. The third kappa shape index (κ3) is 4.80. The Balaban J connectivity index is 1.79. The van der Waals surface area contributed by atoms with Crippen molar-refractivity contribution in [2.24, 2.45) is 11.7 Å². The third-order valence-corrected chi connectivity index (χ3v) is 3.44. The highest BCUT2D eigenvalue weighted by molar-refractivity contribution is 5.21. The molecule has 2 N–H and O–H groups in total. The highest BCUT2D eigenvalue weighted by Gasteiger charge is 2.08. The summed E-state index contributed by atoms with van der Waals surface area (Å²) >= 11 is 0. The Morgan fingerprint density at radius 2 is 1.65 bits per heavy atom. The molecule has 2 rings (SSSR count). The van der Waals surface area contributed by atoms with Crippen LogP contribution in [0.25, 0.3) is 0 Å². The van der Waals surface area contributed by atoms with E-state index < -0.39 is 0 Å². The molecular formula is C18H23NO. The normalized spacial score (nSPS) is 12.3. The van der Waals surface area contributed by atoms with Crippen LogP contribution in [0.4, 0.5) is 0 Å². The van der Waals surface area contributed by atoms with Crippen LogP contribution in [0.3, 0.4) is 0 Å². The minimum Gasteiger partial charge on any atom is -0.376 e. The molecule has 2 aromatic rings. The molecule has 0 aliphatic rings. The lowest BCUT2D eigenvalue weighted by Gasteiger charge is -2.15. The van der Waals surface area contributed by atoms with Crippen molar-refractivity contribution in [3.05, 3.63) is 71.3 Å². The van der Waals surface area contributed by atoms with Crippen LogP contribution in [0.5, 0.6) is 0 Å². The van der Waals surface area contributed by atoms with Gasteiger partial charge < -0.3 is 10.5 Å². The van der Waals surface area contributed by atoms with Gasteiger partial charge in [-0.2, -0.15) is 0 Å². The Kier molecular flexibility index (Phi) is 5.78. The van der Waals surface area contributed by atoms with Gasteiger partial charge in [-0.25, -0.2) is 0 Å². The number of benzene rings is 2. The molecule has 2 aromatic carbocycles. The van der Waals surface area contributed by atoms with Crippen LogP contribution >= 0.6 is 0 Å². The van der Waals surface area contributed by atoms with Gasteiger partial charge in [0.25, 0.3) is 0 Å². The van der Waals surface area contributed by atoms with Crippen molar-refractivity contribution in [2.75, 3.05) is 13.2 Å². The molecule has 0 spiro atoms. The summed E-state index contributed by atoms with van der Waals surface area (Å²) < 4.78 is 5.79. The molecule has 0 saturated carbocycles. The first-order valence-electron chi connectivity index (χ1n) is 7.15. The Hall–Kier alpha value is -1.64. The van der Waals surface area contributed by atoms with E-state index in [1.807, 2.05) is 18.2 Å². The monoisotopic (exact) mass is 269 g/mol. The maximum atomic E-state index is 5.85. The summed E-state index contributed by atoms with van der Waals surface area (Å²) in [5, 5.41) is 0. The number of ether oxygens (including phenoxy) is 1. The second kappa shape index (κ2) is 7.83. The summed E-state index contributed by atoms with van der Waals surface area (Å²) in [6, 6.07) is 18.9. The lowest BCUT2D eigenvalue weighted by atomic mass is 9.99. The second-order valence-corrected chi connectivity index (χ2v) is 5.29. The highest BCUT2D eigenvalue weighted by Crippen LogP contribution is 2.11. The first-order chi connectivity index (χ1) is 9.78. The first-order valence-corrected chi connectivity index (χ1v) is 7.15. The second-order valence-electron chi connectivity index (χ2n) is 5.29. The van der Waals surface area contributed by atoms with E-state index in [1.165, 1.54) is 16.7 Å². The molecule has 106 valence electrons. The summed E-state index contributed by atoms with van der Waals surface area (Å²) in [5.41, 5.74) is 9.68. The van der Waals surface area contributed by atoms with E-state index in [2.05, 4.69) is 43.3 Å². The van der Waals surface area contributed by atoms with Gasteiger partial charge in [-0.05, 0) is 36.9 Å². The maximum Gasteiger partial charge on any atom is 0.0717 e. The lowest BCUT2D eigenvalue weighted by molar-refractivity contribution is 0.0892. The zero-order valence-corrected chi connectivity index (χ0v) is 12.1. The number of hydrogen-bond donors (Lipinski definition) is 1. The van der Waals surface area contributed by atoms with Crippen molar-refractivity contribution in [1.82, 2.24) is 0 Å². The van der Waals surface area contributed by atoms with E-state index >= 15 is 0 Å². The summed E-state index contributed by atoms with van der Waals surface area (Å²) in [6.45, 7) is 4.13. The molecule has 0 heterocycles. The van der Waals surface area contributed by atoms with Gasteiger partial charge in [-0.15, -0.1) is 0 Å². The van der Waals surface area contributed by atoms with Gasteiger partial charge >= 0.3 is 0 Å². The fourth-order valence-electron chi connectivity index (χ4n) is 2.19. The van der Waals surface area contributed by atoms with Crippen LogP contribution in [-0.2, 0) is 17.8 Å². The van der Waals surface area contributed by atoms with E-state index in [0.29, 0.717) is 25.7 Å². The van der Waals surface area contributed by atoms with Gasteiger partial charge in [0.2, 0.25) is 0 Å². The van der Waals surface area contributed by atoms with Crippen LogP contribution in [0, 0.1) is 12.8 Å². The summed E-state index contributed by atoms with van der Waals surface area (Å²) in [4.78, 5) is 0. The Morgan fingerprint density at radius 3 is 2.30 bits per heavy atom. The maximum absolute atomic E-state index is 5.85. The quantitative estimate of drug-likeness (QED) is 0.836. The Morgan fingerprint density at radius 1 is 0.950 bits per heavy atom. The molecule has 0 aromatic heterocycles. The molecule has 0 aliphatic carbocycles. The molecule has 0 fully saturated rings. The Bertz CT molecular complexity index is 493. The van der Waals surface area contributed by atoms with Gasteiger partial charge in [0, 0.05) is 0 Å². The smallest absolute Gasteiger partial charge is 0.0717 e. The largest absolute Gasteiger partial charge is 0.376 e. The SMILES string of the molecule is Cc1ccc(CC(CN)COCc2ccccc2)cc1. The average Bonchev–Trinajstić information content (AvgIpc) is 2.49. The minimum atomic E-state index is 0.376. The number of hydrogen-bond acceptors (Lipinski definition) is 2. The van der Waals surface area contributed by atoms with E-state index in [4.69, 9.17) is 10.5 Å². The molecule has 2 heteroatoms. The van der Waals surface area contributed by atoms with Crippen LogP contribution in [-0.4, -0.2) is 13.2 Å². The predicted molar refractivity (Wildman–Crippen MR) is 83.5 cm³/mol. The van der Waals surface area contributed by atoms with Crippen molar-refractivity contribution < 1.29 is 4.74 Å². The molecule has 0 aliphatic heterocycles. The predicted octanol–water partition coefficient (Wildman–Crippen LogP) is 3.33. The van der Waals surface area contributed by atoms with E-state index in [-0.39, 0.29) is 0 Å². The van der Waals surface area contributed by atoms with Crippen LogP contribution in [0.2, 0.25) is 0 Å². The number of rotatable bonds is 7. The third-order valence-electron chi connectivity index (χ3n) is 3.44. The van der Waals surface area contributed by atoms with E-state index in [0.717, 1.165) is 6.42 Å². The van der Waals surface area contributed by atoms with Crippen molar-refractivity contribution in [1.29, 1.82) is 0 Å². The van der Waals surface area contributed by atoms with E-state index in [1.54, 1.807) is 0 Å². The zero-order chi connectivity index (χ0) is 14.2. The highest BCUT2D eigenvalue weighted by atomic mass is 16.5. The van der Waals surface area contributed by atoms with Gasteiger partial charge in [0.15, 0.2) is 0 Å². The van der Waals surface area contributed by atoms with Crippen molar-refractivity contribution in [3.8, 4) is 0 Å². The topological polar surface area (TPSA) is 35.2 Å². The molecule has 1 unspecified atom stereocenters. The molecule has 2 nitrogen and oxygen atoms in total. The van der Waals surface area contributed by atoms with Gasteiger partial charge in [0.05, 0.1) is 13.2 Å². The van der Waals surface area contributed by atoms with Gasteiger partial charge in [-0.3, -0.25) is 0 Å². The lowest BCUT2D eigenvalue weighted by Crippen LogP contribution is -2.22. The van der Waals surface area contributed by atoms with E-state index in [9.17, 15) is 0 Å². The average molecular weight is 269 g/mol. The van der Waals surface area contributed by atoms with Crippen LogP contribution < -0.4 is 5.73 Å².